The summed E-state index contributed by atoms with van der Waals surface area (Å²) in [6, 6.07) is 6.30. The van der Waals surface area contributed by atoms with Gasteiger partial charge in [-0.15, -0.1) is 0 Å². The molecule has 0 spiro atoms. The van der Waals surface area contributed by atoms with Crippen molar-refractivity contribution in [1.82, 2.24) is 14.8 Å². The predicted molar refractivity (Wildman–Crippen MR) is 154 cm³/mol. The number of halogens is 4. The first-order chi connectivity index (χ1) is 19.8. The molecule has 0 saturated carbocycles. The Hall–Kier alpha value is -3.25. The maximum absolute atomic E-state index is 14.9. The molecule has 0 N–H and O–H groups in total. The number of hydrogen-bond acceptors (Lipinski definition) is 6. The fourth-order valence-electron chi connectivity index (χ4n) is 6.71. The third kappa shape index (κ3) is 5.70. The van der Waals surface area contributed by atoms with Gasteiger partial charge in [0, 0.05) is 57.3 Å². The molecule has 2 amide bonds. The van der Waals surface area contributed by atoms with E-state index in [4.69, 9.17) is 0 Å². The number of likely N-dealkylation sites (tertiary alicyclic amines) is 1. The van der Waals surface area contributed by atoms with Crippen molar-refractivity contribution < 1.29 is 27.2 Å². The van der Waals surface area contributed by atoms with Gasteiger partial charge in [0.05, 0.1) is 16.9 Å². The summed E-state index contributed by atoms with van der Waals surface area (Å²) < 4.78 is 55.9. The first kappa shape index (κ1) is 30.2. The van der Waals surface area contributed by atoms with Crippen LogP contribution in [0.2, 0.25) is 0 Å². The summed E-state index contributed by atoms with van der Waals surface area (Å²) in [7, 11) is 5.42. The Balaban J connectivity index is 1.48. The van der Waals surface area contributed by atoms with Crippen LogP contribution in [0.5, 0.6) is 0 Å². The molecule has 8 nitrogen and oxygen atoms in total. The van der Waals surface area contributed by atoms with E-state index < -0.39 is 35.8 Å². The highest BCUT2D eigenvalue weighted by Gasteiger charge is 2.49. The number of aryl methyl sites for hydroxylation is 2. The Morgan fingerprint density at radius 3 is 2.48 bits per heavy atom. The number of alkyl halides is 4. The number of piperidine rings is 1. The number of pyridine rings is 1. The molecule has 0 aliphatic carbocycles. The number of fused-ring (bicyclic) bond motifs is 2. The van der Waals surface area contributed by atoms with E-state index in [1.54, 1.807) is 7.05 Å². The number of rotatable bonds is 5. The lowest BCUT2D eigenvalue weighted by molar-refractivity contribution is -0.137. The zero-order chi connectivity index (χ0) is 30.5. The van der Waals surface area contributed by atoms with Gasteiger partial charge < -0.3 is 14.7 Å². The van der Waals surface area contributed by atoms with Crippen molar-refractivity contribution in [2.45, 2.75) is 51.1 Å². The van der Waals surface area contributed by atoms with Crippen molar-refractivity contribution in [1.29, 1.82) is 0 Å². The normalized spacial score (nSPS) is 25.5. The Kier molecular flexibility index (Phi) is 8.23. The topological polar surface area (TPSA) is 63.2 Å². The average Bonchev–Trinajstić information content (AvgIpc) is 3.23. The molecule has 1 unspecified atom stereocenters. The molecular weight excluding hydrogens is 552 g/mol. The second-order valence-corrected chi connectivity index (χ2v) is 11.9. The number of aromatic nitrogens is 1. The smallest absolute Gasteiger partial charge is 0.368 e. The number of carbonyl (C=O) groups is 2. The number of para-hydroxylation sites is 1. The summed E-state index contributed by atoms with van der Waals surface area (Å²) in [6.07, 6.45) is -4.87. The molecule has 3 aliphatic heterocycles. The number of benzene rings is 1. The first-order valence-electron chi connectivity index (χ1n) is 14.3. The van der Waals surface area contributed by atoms with Crippen LogP contribution in [0.4, 0.5) is 34.8 Å². The number of hydrogen-bond donors (Lipinski definition) is 0. The zero-order valence-corrected chi connectivity index (χ0v) is 24.7. The quantitative estimate of drug-likeness (QED) is 0.493. The molecule has 4 heterocycles. The average molecular weight is 591 g/mol. The van der Waals surface area contributed by atoms with E-state index in [0.717, 1.165) is 41.2 Å². The fraction of sp³-hybridized carbons (Fsp3) is 0.567. The van der Waals surface area contributed by atoms with Crippen molar-refractivity contribution in [2.24, 2.45) is 5.92 Å². The van der Waals surface area contributed by atoms with Crippen LogP contribution < -0.4 is 14.7 Å². The second kappa shape index (κ2) is 11.4. The second-order valence-electron chi connectivity index (χ2n) is 11.9. The zero-order valence-electron chi connectivity index (χ0n) is 24.7. The molecule has 5 rings (SSSR count). The SMILES string of the molecule is Cc1cc(C(F)(F)F)cc(N2C(=O)C[C@@H]3CN(CCN4CCC(N(C)C)[C@H](F)C4)c4c(C)cccc4N(C)C(=O)[C@H]32)n1. The lowest BCUT2D eigenvalue weighted by Crippen LogP contribution is -2.54. The Morgan fingerprint density at radius 1 is 1.07 bits per heavy atom. The maximum atomic E-state index is 14.9. The van der Waals surface area contributed by atoms with E-state index in [1.807, 2.05) is 44.1 Å². The van der Waals surface area contributed by atoms with E-state index in [0.29, 0.717) is 31.9 Å². The summed E-state index contributed by atoms with van der Waals surface area (Å²) >= 11 is 0. The molecule has 12 heteroatoms. The van der Waals surface area contributed by atoms with Gasteiger partial charge in [-0.05, 0) is 64.7 Å². The van der Waals surface area contributed by atoms with Gasteiger partial charge >= 0.3 is 6.18 Å². The van der Waals surface area contributed by atoms with Gasteiger partial charge in [0.2, 0.25) is 11.8 Å². The number of anilines is 3. The van der Waals surface area contributed by atoms with Crippen molar-refractivity contribution in [2.75, 3.05) is 68.6 Å². The molecule has 4 atom stereocenters. The van der Waals surface area contributed by atoms with Gasteiger partial charge in [-0.3, -0.25) is 19.4 Å². The van der Waals surface area contributed by atoms with Crippen molar-refractivity contribution >= 4 is 29.0 Å². The highest BCUT2D eigenvalue weighted by molar-refractivity contribution is 6.10. The van der Waals surface area contributed by atoms with Gasteiger partial charge in [-0.1, -0.05) is 12.1 Å². The Labute approximate surface area is 243 Å². The van der Waals surface area contributed by atoms with Gasteiger partial charge in [-0.25, -0.2) is 9.37 Å². The summed E-state index contributed by atoms with van der Waals surface area (Å²) in [5, 5.41) is 0. The number of likely N-dealkylation sites (N-methyl/N-ethyl adjacent to an activating group) is 1. The van der Waals surface area contributed by atoms with Gasteiger partial charge in [0.25, 0.3) is 0 Å². The van der Waals surface area contributed by atoms with E-state index in [-0.39, 0.29) is 29.9 Å². The highest BCUT2D eigenvalue weighted by Crippen LogP contribution is 2.41. The molecule has 228 valence electrons. The first-order valence-corrected chi connectivity index (χ1v) is 14.3. The van der Waals surface area contributed by atoms with Crippen LogP contribution in [0, 0.1) is 19.8 Å². The van der Waals surface area contributed by atoms with Crippen molar-refractivity contribution in [3.8, 4) is 0 Å². The monoisotopic (exact) mass is 590 g/mol. The highest BCUT2D eigenvalue weighted by atomic mass is 19.4. The van der Waals surface area contributed by atoms with Crippen LogP contribution in [0.3, 0.4) is 0 Å². The molecule has 42 heavy (non-hydrogen) atoms. The molecule has 1 aromatic carbocycles. The molecular formula is C30H38F4N6O2. The minimum Gasteiger partial charge on any atom is -0.368 e. The van der Waals surface area contributed by atoms with E-state index in [1.165, 1.54) is 11.8 Å². The Bertz CT molecular complexity index is 1350. The number of amides is 2. The molecule has 2 fully saturated rings. The van der Waals surface area contributed by atoms with Crippen molar-refractivity contribution in [3.63, 3.8) is 0 Å². The van der Waals surface area contributed by atoms with E-state index in [9.17, 15) is 27.2 Å². The summed E-state index contributed by atoms with van der Waals surface area (Å²) in [4.78, 5) is 40.5. The van der Waals surface area contributed by atoms with Crippen LogP contribution in [0.15, 0.2) is 30.3 Å². The fourth-order valence-corrected chi connectivity index (χ4v) is 6.71. The number of carbonyl (C=O) groups excluding carboxylic acids is 2. The summed E-state index contributed by atoms with van der Waals surface area (Å²) in [5.41, 5.74) is 1.66. The standard InChI is InChI=1S/C30H38F4N6O2/c1-18-7-6-8-24-27(18)39(12-11-38-10-9-23(36(3)4)22(31)17-38)16-20-14-26(41)40(28(20)29(42)37(24)5)25-15-21(30(32,33)34)13-19(2)35-25/h6-8,13,15,20,22-23,28H,9-12,14,16-17H2,1-5H3/t20-,22-,23?,28+/m1/s1. The van der Waals surface area contributed by atoms with E-state index >= 15 is 0 Å². The maximum Gasteiger partial charge on any atom is 0.416 e. The molecule has 0 radical (unpaired) electrons. The van der Waals surface area contributed by atoms with Gasteiger partial charge in [0.15, 0.2) is 0 Å². The van der Waals surface area contributed by atoms with Crippen LogP contribution in [0.1, 0.15) is 29.7 Å². The lowest BCUT2D eigenvalue weighted by atomic mass is 9.95. The number of nitrogens with zero attached hydrogens (tertiary/aromatic N) is 6. The van der Waals surface area contributed by atoms with Crippen LogP contribution in [-0.4, -0.2) is 98.7 Å². The predicted octanol–water partition coefficient (Wildman–Crippen LogP) is 3.90. The van der Waals surface area contributed by atoms with Crippen LogP contribution in [0.25, 0.3) is 0 Å². The molecule has 2 saturated heterocycles. The third-order valence-corrected chi connectivity index (χ3v) is 8.82. The lowest BCUT2D eigenvalue weighted by Gasteiger charge is -2.41. The summed E-state index contributed by atoms with van der Waals surface area (Å²) in [6.45, 7) is 5.96. The minimum atomic E-state index is -4.63. The largest absolute Gasteiger partial charge is 0.416 e. The Morgan fingerprint density at radius 2 is 1.81 bits per heavy atom. The molecule has 1 aromatic heterocycles. The molecule has 2 aromatic rings. The van der Waals surface area contributed by atoms with Gasteiger partial charge in [-0.2, -0.15) is 13.2 Å². The van der Waals surface area contributed by atoms with Gasteiger partial charge in [0.1, 0.15) is 18.0 Å². The van der Waals surface area contributed by atoms with Crippen molar-refractivity contribution in [3.05, 3.63) is 47.2 Å². The molecule has 3 aliphatic rings. The van der Waals surface area contributed by atoms with Crippen LogP contribution in [-0.2, 0) is 15.8 Å². The van der Waals surface area contributed by atoms with E-state index in [2.05, 4.69) is 14.8 Å². The third-order valence-electron chi connectivity index (χ3n) is 8.82. The summed E-state index contributed by atoms with van der Waals surface area (Å²) in [5.74, 6) is -1.46. The minimum absolute atomic E-state index is 0.000280. The van der Waals surface area contributed by atoms with Crippen LogP contribution >= 0.6 is 0 Å². The molecule has 0 bridgehead atoms.